The van der Waals surface area contributed by atoms with Gasteiger partial charge >= 0.3 is 0 Å². The molecule has 0 aliphatic rings. The van der Waals surface area contributed by atoms with Gasteiger partial charge in [-0.05, 0) is 31.5 Å². The molecule has 2 N–H and O–H groups in total. The predicted octanol–water partition coefficient (Wildman–Crippen LogP) is 1.89. The Balaban J connectivity index is 3.28. The van der Waals surface area contributed by atoms with Gasteiger partial charge < -0.3 is 5.73 Å². The number of anilines is 1. The zero-order chi connectivity index (χ0) is 15.5. The number of nitriles is 1. The molecular weight excluding hydrogens is 281 g/mol. The summed E-state index contributed by atoms with van der Waals surface area (Å²) in [6, 6.07) is 4.22. The Morgan fingerprint density at radius 1 is 1.50 bits per heavy atom. The first kappa shape index (κ1) is 16.4. The summed E-state index contributed by atoms with van der Waals surface area (Å²) in [5.41, 5.74) is 5.53. The Bertz CT molecular complexity index is 638. The average Bonchev–Trinajstić information content (AvgIpc) is 2.39. The van der Waals surface area contributed by atoms with Crippen molar-refractivity contribution in [1.82, 2.24) is 4.31 Å². The molecule has 0 radical (unpaired) electrons. The number of hydrogen-bond donors (Lipinski definition) is 1. The molecule has 1 unspecified atom stereocenters. The monoisotopic (exact) mass is 299 g/mol. The fourth-order valence-corrected chi connectivity index (χ4v) is 3.61. The van der Waals surface area contributed by atoms with E-state index in [1.165, 1.54) is 11.2 Å². The number of aryl methyl sites for hydroxylation is 1. The lowest BCUT2D eigenvalue weighted by molar-refractivity contribution is 0.399. The molecule has 0 spiro atoms. The van der Waals surface area contributed by atoms with Crippen molar-refractivity contribution >= 4 is 15.7 Å². The lowest BCUT2D eigenvalue weighted by Gasteiger charge is -2.22. The van der Waals surface area contributed by atoms with E-state index in [4.69, 9.17) is 11.0 Å². The van der Waals surface area contributed by atoms with Gasteiger partial charge in [0, 0.05) is 13.1 Å². The normalized spacial score (nSPS) is 13.2. The first-order valence-electron chi connectivity index (χ1n) is 6.19. The van der Waals surface area contributed by atoms with Crippen LogP contribution in [0.25, 0.3) is 0 Å². The first-order valence-corrected chi connectivity index (χ1v) is 7.63. The van der Waals surface area contributed by atoms with Gasteiger partial charge in [0.25, 0.3) is 0 Å². The maximum absolute atomic E-state index is 13.3. The van der Waals surface area contributed by atoms with Gasteiger partial charge in [-0.3, -0.25) is 0 Å². The topological polar surface area (TPSA) is 87.2 Å². The van der Waals surface area contributed by atoms with Crippen molar-refractivity contribution in [1.29, 1.82) is 5.26 Å². The standard InChI is InChI=1S/C13H18FN3O2S/c1-4-17(8-9(2)7-15)20(18,19)13-6-12(16)11(14)5-10(13)3/h5-6,9H,4,8,16H2,1-3H3. The van der Waals surface area contributed by atoms with Crippen molar-refractivity contribution in [2.45, 2.75) is 25.7 Å². The van der Waals surface area contributed by atoms with Crippen LogP contribution in [0.5, 0.6) is 0 Å². The number of nitrogens with zero attached hydrogens (tertiary/aromatic N) is 2. The second-order valence-corrected chi connectivity index (χ2v) is 6.53. The van der Waals surface area contributed by atoms with Crippen molar-refractivity contribution in [2.24, 2.45) is 5.92 Å². The van der Waals surface area contributed by atoms with Crippen LogP contribution in [0, 0.1) is 30.0 Å². The second-order valence-electron chi connectivity index (χ2n) is 4.63. The molecule has 0 aliphatic carbocycles. The zero-order valence-corrected chi connectivity index (χ0v) is 12.5. The molecule has 1 aromatic rings. The van der Waals surface area contributed by atoms with Crippen LogP contribution in [0.15, 0.2) is 17.0 Å². The smallest absolute Gasteiger partial charge is 0.243 e. The molecule has 110 valence electrons. The van der Waals surface area contributed by atoms with Gasteiger partial charge in [0.05, 0.1) is 22.6 Å². The predicted molar refractivity (Wildman–Crippen MR) is 74.8 cm³/mol. The third-order valence-corrected chi connectivity index (χ3v) is 5.05. The Morgan fingerprint density at radius 2 is 2.10 bits per heavy atom. The highest BCUT2D eigenvalue weighted by Gasteiger charge is 2.27. The van der Waals surface area contributed by atoms with Gasteiger partial charge in [-0.25, -0.2) is 12.8 Å². The molecule has 1 aromatic carbocycles. The fourth-order valence-electron chi connectivity index (χ4n) is 1.83. The molecule has 0 bridgehead atoms. The number of rotatable bonds is 5. The number of nitrogens with two attached hydrogens (primary N) is 1. The number of sulfonamides is 1. The van der Waals surface area contributed by atoms with Crippen LogP contribution in [0.1, 0.15) is 19.4 Å². The highest BCUT2D eigenvalue weighted by Crippen LogP contribution is 2.25. The van der Waals surface area contributed by atoms with Crippen LogP contribution < -0.4 is 5.73 Å². The Labute approximate surface area is 118 Å². The van der Waals surface area contributed by atoms with E-state index in [-0.39, 0.29) is 23.7 Å². The van der Waals surface area contributed by atoms with Gasteiger partial charge in [-0.15, -0.1) is 0 Å². The van der Waals surface area contributed by atoms with Crippen LogP contribution in [-0.2, 0) is 10.0 Å². The molecule has 1 rings (SSSR count). The van der Waals surface area contributed by atoms with E-state index in [1.807, 2.05) is 6.07 Å². The van der Waals surface area contributed by atoms with E-state index in [1.54, 1.807) is 13.8 Å². The van der Waals surface area contributed by atoms with Crippen molar-refractivity contribution in [3.05, 3.63) is 23.5 Å². The number of halogens is 1. The summed E-state index contributed by atoms with van der Waals surface area (Å²) >= 11 is 0. The fraction of sp³-hybridized carbons (Fsp3) is 0.462. The lowest BCUT2D eigenvalue weighted by atomic mass is 10.2. The molecule has 0 fully saturated rings. The summed E-state index contributed by atoms with van der Waals surface area (Å²) in [7, 11) is -3.79. The third kappa shape index (κ3) is 3.26. The summed E-state index contributed by atoms with van der Waals surface area (Å²) in [6.07, 6.45) is 0. The molecule has 7 heteroatoms. The maximum Gasteiger partial charge on any atom is 0.243 e. The van der Waals surface area contributed by atoms with E-state index in [0.717, 1.165) is 12.1 Å². The molecule has 5 nitrogen and oxygen atoms in total. The summed E-state index contributed by atoms with van der Waals surface area (Å²) in [6.45, 7) is 5.15. The number of benzene rings is 1. The number of hydrogen-bond acceptors (Lipinski definition) is 4. The zero-order valence-electron chi connectivity index (χ0n) is 11.7. The SMILES string of the molecule is CCN(CC(C)C#N)S(=O)(=O)c1cc(N)c(F)cc1C. The summed E-state index contributed by atoms with van der Waals surface area (Å²) in [5, 5.41) is 8.81. The Kier molecular flexibility index (Phi) is 5.09. The van der Waals surface area contributed by atoms with Gasteiger partial charge in [-0.2, -0.15) is 9.57 Å². The van der Waals surface area contributed by atoms with Gasteiger partial charge in [0.1, 0.15) is 5.82 Å². The lowest BCUT2D eigenvalue weighted by Crippen LogP contribution is -2.34. The van der Waals surface area contributed by atoms with Crippen LogP contribution in [0.2, 0.25) is 0 Å². The van der Waals surface area contributed by atoms with E-state index in [9.17, 15) is 12.8 Å². The van der Waals surface area contributed by atoms with Crippen molar-refractivity contribution in [2.75, 3.05) is 18.8 Å². The van der Waals surface area contributed by atoms with Gasteiger partial charge in [0.2, 0.25) is 10.0 Å². The van der Waals surface area contributed by atoms with Crippen LogP contribution in [0.3, 0.4) is 0 Å². The van der Waals surface area contributed by atoms with Crippen molar-refractivity contribution < 1.29 is 12.8 Å². The average molecular weight is 299 g/mol. The highest BCUT2D eigenvalue weighted by molar-refractivity contribution is 7.89. The minimum absolute atomic E-state index is 0.0246. The summed E-state index contributed by atoms with van der Waals surface area (Å²) in [5.74, 6) is -1.07. The van der Waals surface area contributed by atoms with Crippen LogP contribution in [0.4, 0.5) is 10.1 Å². The van der Waals surface area contributed by atoms with E-state index >= 15 is 0 Å². The highest BCUT2D eigenvalue weighted by atomic mass is 32.2. The molecule has 0 heterocycles. The van der Waals surface area contributed by atoms with Gasteiger partial charge in [-0.1, -0.05) is 6.92 Å². The molecular formula is C13H18FN3O2S. The first-order chi connectivity index (χ1) is 9.23. The minimum Gasteiger partial charge on any atom is -0.396 e. The van der Waals surface area contributed by atoms with Crippen LogP contribution in [-0.4, -0.2) is 25.8 Å². The number of nitrogen functional groups attached to an aromatic ring is 1. The Hall–Kier alpha value is -1.65. The molecule has 0 amide bonds. The van der Waals surface area contributed by atoms with Gasteiger partial charge in [0.15, 0.2) is 0 Å². The van der Waals surface area contributed by atoms with E-state index in [0.29, 0.717) is 5.56 Å². The van der Waals surface area contributed by atoms with Crippen molar-refractivity contribution in [3.63, 3.8) is 0 Å². The second kappa shape index (κ2) is 6.20. The maximum atomic E-state index is 13.3. The molecule has 0 saturated carbocycles. The summed E-state index contributed by atoms with van der Waals surface area (Å²) < 4.78 is 39.6. The molecule has 0 aliphatic heterocycles. The van der Waals surface area contributed by atoms with E-state index in [2.05, 4.69) is 0 Å². The van der Waals surface area contributed by atoms with Crippen molar-refractivity contribution in [3.8, 4) is 6.07 Å². The largest absolute Gasteiger partial charge is 0.396 e. The molecule has 20 heavy (non-hydrogen) atoms. The Morgan fingerprint density at radius 3 is 2.60 bits per heavy atom. The summed E-state index contributed by atoms with van der Waals surface area (Å²) in [4.78, 5) is -0.0246. The quantitative estimate of drug-likeness (QED) is 0.841. The molecule has 0 aromatic heterocycles. The van der Waals surface area contributed by atoms with Crippen LogP contribution >= 0.6 is 0 Å². The molecule has 1 atom stereocenters. The minimum atomic E-state index is -3.79. The molecule has 0 saturated heterocycles. The third-order valence-electron chi connectivity index (χ3n) is 2.96. The van der Waals surface area contributed by atoms with E-state index < -0.39 is 21.8 Å².